The Morgan fingerprint density at radius 1 is 1.69 bits per heavy atom. The van der Waals surface area contributed by atoms with E-state index in [0.29, 0.717) is 18.8 Å². The van der Waals surface area contributed by atoms with Gasteiger partial charge in [0.2, 0.25) is 0 Å². The van der Waals surface area contributed by atoms with Crippen LogP contribution in [0.3, 0.4) is 0 Å². The molecule has 3 N–H and O–H groups in total. The number of carbonyl (C=O) groups is 1. The van der Waals surface area contributed by atoms with Crippen molar-refractivity contribution in [1.82, 2.24) is 4.98 Å². The molecule has 1 saturated carbocycles. The molecule has 0 saturated heterocycles. The zero-order chi connectivity index (χ0) is 11.6. The molecule has 4 nitrogen and oxygen atoms in total. The van der Waals surface area contributed by atoms with Crippen LogP contribution in [0, 0.1) is 11.3 Å². The summed E-state index contributed by atoms with van der Waals surface area (Å²) in [6.45, 7) is 0.193. The summed E-state index contributed by atoms with van der Waals surface area (Å²) >= 11 is 1.50. The van der Waals surface area contributed by atoms with Gasteiger partial charge in [-0.25, -0.2) is 4.98 Å². The molecule has 0 aliphatic heterocycles. The van der Waals surface area contributed by atoms with Crippen molar-refractivity contribution in [3.8, 4) is 0 Å². The molecule has 0 bridgehead atoms. The highest BCUT2D eigenvalue weighted by atomic mass is 32.1. The maximum Gasteiger partial charge on any atom is 0.311 e. The largest absolute Gasteiger partial charge is 0.481 e. The molecule has 2 rings (SSSR count). The number of hydrogen-bond acceptors (Lipinski definition) is 4. The Morgan fingerprint density at radius 2 is 2.44 bits per heavy atom. The van der Waals surface area contributed by atoms with Gasteiger partial charge in [-0.15, -0.1) is 11.3 Å². The van der Waals surface area contributed by atoms with Crippen LogP contribution in [0.5, 0.6) is 0 Å². The zero-order valence-corrected chi connectivity index (χ0v) is 9.87. The number of carboxylic acid groups (broad SMARTS) is 1. The monoisotopic (exact) mass is 240 g/mol. The van der Waals surface area contributed by atoms with E-state index < -0.39 is 11.4 Å². The average Bonchev–Trinajstić information content (AvgIpc) is 2.91. The molecule has 1 aromatic heterocycles. The highest BCUT2D eigenvalue weighted by molar-refractivity contribution is 7.09. The predicted octanol–water partition coefficient (Wildman–Crippen LogP) is 1.52. The third-order valence-electron chi connectivity index (χ3n) is 3.19. The minimum atomic E-state index is -0.807. The maximum absolute atomic E-state index is 11.4. The smallest absolute Gasteiger partial charge is 0.311 e. The lowest BCUT2D eigenvalue weighted by molar-refractivity contribution is -0.149. The first-order valence-electron chi connectivity index (χ1n) is 5.48. The summed E-state index contributed by atoms with van der Waals surface area (Å²) in [4.78, 5) is 15.6. The Balaban J connectivity index is 2.14. The summed E-state index contributed by atoms with van der Waals surface area (Å²) < 4.78 is 0. The van der Waals surface area contributed by atoms with Crippen LogP contribution in [0.2, 0.25) is 0 Å². The molecule has 0 amide bonds. The van der Waals surface area contributed by atoms with Crippen LogP contribution >= 0.6 is 11.3 Å². The Hall–Kier alpha value is -0.940. The molecule has 1 fully saturated rings. The fourth-order valence-corrected chi connectivity index (χ4v) is 2.74. The van der Waals surface area contributed by atoms with Crippen molar-refractivity contribution in [3.05, 3.63) is 16.6 Å². The normalized spacial score (nSPS) is 19.3. The number of thiazole rings is 1. The highest BCUT2D eigenvalue weighted by Gasteiger charge is 2.42. The van der Waals surface area contributed by atoms with E-state index in [-0.39, 0.29) is 6.54 Å². The summed E-state index contributed by atoms with van der Waals surface area (Å²) in [5.74, 6) is -0.225. The van der Waals surface area contributed by atoms with Gasteiger partial charge >= 0.3 is 5.97 Å². The third kappa shape index (κ3) is 2.41. The minimum absolute atomic E-state index is 0.193. The molecule has 5 heteroatoms. The lowest BCUT2D eigenvalue weighted by Gasteiger charge is -2.26. The number of rotatable bonds is 6. The molecule has 1 heterocycles. The number of aromatic nitrogens is 1. The molecule has 1 atom stereocenters. The van der Waals surface area contributed by atoms with Crippen LogP contribution in [0.15, 0.2) is 11.6 Å². The van der Waals surface area contributed by atoms with Gasteiger partial charge in [-0.05, 0) is 12.3 Å². The van der Waals surface area contributed by atoms with Crippen LogP contribution in [-0.2, 0) is 11.2 Å². The van der Waals surface area contributed by atoms with Gasteiger partial charge in [0.1, 0.15) is 0 Å². The minimum Gasteiger partial charge on any atom is -0.481 e. The van der Waals surface area contributed by atoms with Crippen molar-refractivity contribution in [1.29, 1.82) is 0 Å². The van der Waals surface area contributed by atoms with Gasteiger partial charge in [0.15, 0.2) is 0 Å². The molecular weight excluding hydrogens is 224 g/mol. The molecule has 0 spiro atoms. The lowest BCUT2D eigenvalue weighted by atomic mass is 9.79. The molecule has 1 unspecified atom stereocenters. The topological polar surface area (TPSA) is 76.2 Å². The molecule has 1 aliphatic rings. The Bertz CT molecular complexity index is 362. The molecule has 16 heavy (non-hydrogen) atoms. The number of nitrogens with zero attached hydrogens (tertiary/aromatic N) is 1. The zero-order valence-electron chi connectivity index (χ0n) is 9.06. The first kappa shape index (κ1) is 11.5. The fourth-order valence-electron chi connectivity index (χ4n) is 1.98. The number of carboxylic acids is 1. The molecular formula is C11H16N2O2S. The van der Waals surface area contributed by atoms with Gasteiger partial charge in [-0.3, -0.25) is 4.79 Å². The standard InChI is InChI=1S/C11H16N2O2S/c12-7-11(10(14)15,5-8-1-2-8)6-9-13-3-4-16-9/h3-4,8H,1-2,5-7,12H2,(H,14,15). The summed E-state index contributed by atoms with van der Waals surface area (Å²) in [7, 11) is 0. The van der Waals surface area contributed by atoms with Crippen LogP contribution in [0.25, 0.3) is 0 Å². The molecule has 0 radical (unpaired) electrons. The van der Waals surface area contributed by atoms with E-state index in [4.69, 9.17) is 5.73 Å². The number of aliphatic carboxylic acids is 1. The van der Waals surface area contributed by atoms with Gasteiger partial charge in [0.25, 0.3) is 0 Å². The van der Waals surface area contributed by atoms with Crippen molar-refractivity contribution in [2.24, 2.45) is 17.1 Å². The Morgan fingerprint density at radius 3 is 2.88 bits per heavy atom. The first-order chi connectivity index (χ1) is 7.66. The van der Waals surface area contributed by atoms with Gasteiger partial charge in [-0.2, -0.15) is 0 Å². The van der Waals surface area contributed by atoms with Gasteiger partial charge in [0, 0.05) is 24.5 Å². The van der Waals surface area contributed by atoms with E-state index in [2.05, 4.69) is 4.98 Å². The fraction of sp³-hybridized carbons (Fsp3) is 0.636. The third-order valence-corrected chi connectivity index (χ3v) is 3.97. The summed E-state index contributed by atoms with van der Waals surface area (Å²) in [5, 5.41) is 12.1. The SMILES string of the molecule is NCC(Cc1nccs1)(CC1CC1)C(=O)O. The van der Waals surface area contributed by atoms with Crippen molar-refractivity contribution in [3.63, 3.8) is 0 Å². The van der Waals surface area contributed by atoms with Crippen LogP contribution < -0.4 is 5.73 Å². The number of hydrogen-bond donors (Lipinski definition) is 2. The Kier molecular flexibility index (Phi) is 3.25. The summed E-state index contributed by atoms with van der Waals surface area (Å²) in [6.07, 6.45) is 5.16. The highest BCUT2D eigenvalue weighted by Crippen LogP contribution is 2.42. The van der Waals surface area contributed by atoms with Gasteiger partial charge in [-0.1, -0.05) is 12.8 Å². The van der Waals surface area contributed by atoms with Crippen molar-refractivity contribution in [2.75, 3.05) is 6.54 Å². The van der Waals surface area contributed by atoms with E-state index in [0.717, 1.165) is 17.8 Å². The van der Waals surface area contributed by atoms with E-state index in [1.165, 1.54) is 11.3 Å². The second-order valence-corrected chi connectivity index (χ2v) is 5.52. The first-order valence-corrected chi connectivity index (χ1v) is 6.36. The number of nitrogens with two attached hydrogens (primary N) is 1. The Labute approximate surface area is 98.5 Å². The van der Waals surface area contributed by atoms with E-state index in [1.54, 1.807) is 6.20 Å². The maximum atomic E-state index is 11.4. The van der Waals surface area contributed by atoms with Crippen LogP contribution in [0.4, 0.5) is 0 Å². The van der Waals surface area contributed by atoms with Crippen molar-refractivity contribution < 1.29 is 9.90 Å². The van der Waals surface area contributed by atoms with E-state index in [1.807, 2.05) is 5.38 Å². The van der Waals surface area contributed by atoms with Crippen LogP contribution in [-0.4, -0.2) is 22.6 Å². The van der Waals surface area contributed by atoms with Crippen molar-refractivity contribution in [2.45, 2.75) is 25.7 Å². The quantitative estimate of drug-likeness (QED) is 0.790. The predicted molar refractivity (Wildman–Crippen MR) is 62.3 cm³/mol. The average molecular weight is 240 g/mol. The van der Waals surface area contributed by atoms with Crippen LogP contribution in [0.1, 0.15) is 24.3 Å². The molecule has 1 aromatic rings. The van der Waals surface area contributed by atoms with E-state index >= 15 is 0 Å². The molecule has 1 aliphatic carbocycles. The summed E-state index contributed by atoms with van der Waals surface area (Å²) in [5.41, 5.74) is 4.89. The lowest BCUT2D eigenvalue weighted by Crippen LogP contribution is -2.41. The van der Waals surface area contributed by atoms with Gasteiger partial charge in [0.05, 0.1) is 10.4 Å². The second-order valence-electron chi connectivity index (χ2n) is 4.54. The van der Waals surface area contributed by atoms with Crippen molar-refractivity contribution >= 4 is 17.3 Å². The molecule has 0 aromatic carbocycles. The van der Waals surface area contributed by atoms with Gasteiger partial charge < -0.3 is 10.8 Å². The molecule has 88 valence electrons. The second kappa shape index (κ2) is 4.51. The summed E-state index contributed by atoms with van der Waals surface area (Å²) in [6, 6.07) is 0. The van der Waals surface area contributed by atoms with E-state index in [9.17, 15) is 9.90 Å².